The Morgan fingerprint density at radius 2 is 2.10 bits per heavy atom. The summed E-state index contributed by atoms with van der Waals surface area (Å²) >= 11 is 0. The van der Waals surface area contributed by atoms with Gasteiger partial charge in [0.05, 0.1) is 0 Å². The van der Waals surface area contributed by atoms with Crippen LogP contribution < -0.4 is 0 Å². The van der Waals surface area contributed by atoms with Crippen LogP contribution in [0.1, 0.15) is 26.2 Å². The Balaban J connectivity index is 2.09. The van der Waals surface area contributed by atoms with Crippen LogP contribution in [0.4, 0.5) is 0 Å². The minimum Gasteiger partial charge on any atom is -0.303 e. The second kappa shape index (κ2) is 2.23. The van der Waals surface area contributed by atoms with E-state index in [1.165, 1.54) is 25.8 Å². The van der Waals surface area contributed by atoms with Crippen molar-refractivity contribution in [1.82, 2.24) is 4.90 Å². The van der Waals surface area contributed by atoms with Gasteiger partial charge in [-0.15, -0.1) is 0 Å². The van der Waals surface area contributed by atoms with E-state index in [2.05, 4.69) is 18.9 Å². The van der Waals surface area contributed by atoms with Crippen LogP contribution in [0.25, 0.3) is 0 Å². The largest absolute Gasteiger partial charge is 0.303 e. The lowest BCUT2D eigenvalue weighted by atomic mass is 9.73. The Hall–Kier alpha value is -0.0400. The van der Waals surface area contributed by atoms with Gasteiger partial charge in [0, 0.05) is 12.6 Å². The predicted octanol–water partition coefficient (Wildman–Crippen LogP) is 1.74. The van der Waals surface area contributed by atoms with Crippen LogP contribution in [-0.2, 0) is 0 Å². The van der Waals surface area contributed by atoms with Crippen molar-refractivity contribution >= 4 is 0 Å². The van der Waals surface area contributed by atoms with Crippen LogP contribution in [0.2, 0.25) is 0 Å². The molecule has 0 N–H and O–H groups in total. The molecule has 0 aromatic heterocycles. The number of hydrogen-bond donors (Lipinski definition) is 0. The van der Waals surface area contributed by atoms with Gasteiger partial charge >= 0.3 is 0 Å². The summed E-state index contributed by atoms with van der Waals surface area (Å²) in [6.45, 7) is 3.79. The van der Waals surface area contributed by atoms with Crippen molar-refractivity contribution < 1.29 is 0 Å². The molecular weight excluding hydrogens is 122 g/mol. The Kier molecular flexibility index (Phi) is 1.48. The van der Waals surface area contributed by atoms with Gasteiger partial charge in [-0.25, -0.2) is 0 Å². The molecule has 3 unspecified atom stereocenters. The maximum atomic E-state index is 2.55. The minimum atomic E-state index is 0.931. The van der Waals surface area contributed by atoms with Gasteiger partial charge in [-0.3, -0.25) is 0 Å². The van der Waals surface area contributed by atoms with E-state index in [4.69, 9.17) is 0 Å². The summed E-state index contributed by atoms with van der Waals surface area (Å²) in [5.74, 6) is 2.03. The first kappa shape index (κ1) is 6.66. The van der Waals surface area contributed by atoms with Crippen molar-refractivity contribution in [2.75, 3.05) is 13.6 Å². The summed E-state index contributed by atoms with van der Waals surface area (Å²) in [6, 6.07) is 0.931. The zero-order valence-electron chi connectivity index (χ0n) is 7.01. The molecule has 1 nitrogen and oxygen atoms in total. The zero-order chi connectivity index (χ0) is 7.14. The molecule has 2 bridgehead atoms. The van der Waals surface area contributed by atoms with E-state index in [1.54, 1.807) is 0 Å². The average Bonchev–Trinajstić information content (AvgIpc) is 1.91. The summed E-state index contributed by atoms with van der Waals surface area (Å²) in [6.07, 6.45) is 4.42. The van der Waals surface area contributed by atoms with Gasteiger partial charge in [0.1, 0.15) is 0 Å². The molecular formula is C9H17N. The highest BCUT2D eigenvalue weighted by molar-refractivity contribution is 4.89. The van der Waals surface area contributed by atoms with Gasteiger partial charge in [0.2, 0.25) is 0 Å². The first-order valence-corrected chi connectivity index (χ1v) is 4.47. The standard InChI is InChI=1S/C9H17N/c1-7-5-9-4-3-8(7)6-10(9)2/h7-9H,3-6H2,1-2H3. The van der Waals surface area contributed by atoms with E-state index < -0.39 is 0 Å². The third-order valence-corrected chi connectivity index (χ3v) is 3.47. The lowest BCUT2D eigenvalue weighted by Crippen LogP contribution is -2.49. The molecule has 3 rings (SSSR count). The summed E-state index contributed by atoms with van der Waals surface area (Å²) in [7, 11) is 2.28. The van der Waals surface area contributed by atoms with Gasteiger partial charge in [-0.05, 0) is 38.1 Å². The smallest absolute Gasteiger partial charge is 0.00950 e. The Bertz CT molecular complexity index is 117. The normalized spacial score (nSPS) is 48.0. The third kappa shape index (κ3) is 0.878. The number of piperidine rings is 2. The molecule has 3 fully saturated rings. The SMILES string of the molecule is CC1CC2CCC1CN2C. The van der Waals surface area contributed by atoms with E-state index in [-0.39, 0.29) is 0 Å². The number of fused-ring (bicyclic) bond motifs is 3. The molecule has 3 aliphatic rings. The molecule has 1 heteroatoms. The third-order valence-electron chi connectivity index (χ3n) is 3.47. The first-order chi connectivity index (χ1) is 4.77. The van der Waals surface area contributed by atoms with Crippen molar-refractivity contribution in [2.24, 2.45) is 11.8 Å². The number of hydrogen-bond acceptors (Lipinski definition) is 1. The topological polar surface area (TPSA) is 3.24 Å². The summed E-state index contributed by atoms with van der Waals surface area (Å²) in [4.78, 5) is 2.55. The van der Waals surface area contributed by atoms with Gasteiger partial charge in [0.25, 0.3) is 0 Å². The summed E-state index contributed by atoms with van der Waals surface area (Å²) in [5, 5.41) is 0. The molecule has 1 saturated carbocycles. The van der Waals surface area contributed by atoms with Crippen molar-refractivity contribution in [3.05, 3.63) is 0 Å². The number of rotatable bonds is 0. The van der Waals surface area contributed by atoms with Crippen LogP contribution >= 0.6 is 0 Å². The molecule has 3 atom stereocenters. The van der Waals surface area contributed by atoms with E-state index in [0.717, 1.165) is 17.9 Å². The maximum Gasteiger partial charge on any atom is 0.00950 e. The van der Waals surface area contributed by atoms with Crippen molar-refractivity contribution in [2.45, 2.75) is 32.2 Å². The first-order valence-electron chi connectivity index (χ1n) is 4.47. The van der Waals surface area contributed by atoms with E-state index >= 15 is 0 Å². The van der Waals surface area contributed by atoms with Gasteiger partial charge < -0.3 is 4.90 Å². The van der Waals surface area contributed by atoms with E-state index in [0.29, 0.717) is 0 Å². The fourth-order valence-corrected chi connectivity index (χ4v) is 2.62. The molecule has 0 amide bonds. The summed E-state index contributed by atoms with van der Waals surface area (Å²) < 4.78 is 0. The molecule has 58 valence electrons. The molecule has 0 aromatic rings. The monoisotopic (exact) mass is 139 g/mol. The Morgan fingerprint density at radius 3 is 2.40 bits per heavy atom. The van der Waals surface area contributed by atoms with Crippen LogP contribution in [-0.4, -0.2) is 24.5 Å². The molecule has 0 aromatic carbocycles. The van der Waals surface area contributed by atoms with Crippen LogP contribution in [0.3, 0.4) is 0 Å². The fourth-order valence-electron chi connectivity index (χ4n) is 2.62. The van der Waals surface area contributed by atoms with Crippen molar-refractivity contribution in [3.63, 3.8) is 0 Å². The predicted molar refractivity (Wildman–Crippen MR) is 42.9 cm³/mol. The quantitative estimate of drug-likeness (QED) is 0.494. The Labute approximate surface area is 63.4 Å². The molecule has 0 radical (unpaired) electrons. The van der Waals surface area contributed by atoms with Crippen LogP contribution in [0.15, 0.2) is 0 Å². The van der Waals surface area contributed by atoms with Gasteiger partial charge in [-0.2, -0.15) is 0 Å². The van der Waals surface area contributed by atoms with E-state index in [9.17, 15) is 0 Å². The highest BCUT2D eigenvalue weighted by Crippen LogP contribution is 2.37. The second-order valence-corrected chi connectivity index (χ2v) is 4.14. The van der Waals surface area contributed by atoms with Crippen molar-refractivity contribution in [3.8, 4) is 0 Å². The molecule has 0 spiro atoms. The van der Waals surface area contributed by atoms with Crippen LogP contribution in [0, 0.1) is 11.8 Å². The minimum absolute atomic E-state index is 0.931. The lowest BCUT2D eigenvalue weighted by Gasteiger charge is -2.47. The average molecular weight is 139 g/mol. The van der Waals surface area contributed by atoms with E-state index in [1.807, 2.05) is 0 Å². The molecule has 1 aliphatic carbocycles. The van der Waals surface area contributed by atoms with Gasteiger partial charge in [-0.1, -0.05) is 6.92 Å². The van der Waals surface area contributed by atoms with Gasteiger partial charge in [0.15, 0.2) is 0 Å². The second-order valence-electron chi connectivity index (χ2n) is 4.14. The van der Waals surface area contributed by atoms with Crippen molar-refractivity contribution in [1.29, 1.82) is 0 Å². The highest BCUT2D eigenvalue weighted by Gasteiger charge is 2.35. The molecule has 2 saturated heterocycles. The fraction of sp³-hybridized carbons (Fsp3) is 1.00. The lowest BCUT2D eigenvalue weighted by molar-refractivity contribution is 0.0310. The molecule has 10 heavy (non-hydrogen) atoms. The maximum absolute atomic E-state index is 2.55. The van der Waals surface area contributed by atoms with Crippen LogP contribution in [0.5, 0.6) is 0 Å². The highest BCUT2D eigenvalue weighted by atomic mass is 15.1. The molecule has 2 heterocycles. The summed E-state index contributed by atoms with van der Waals surface area (Å²) in [5.41, 5.74) is 0. The number of nitrogens with zero attached hydrogens (tertiary/aromatic N) is 1. The Morgan fingerprint density at radius 1 is 1.30 bits per heavy atom. The zero-order valence-corrected chi connectivity index (χ0v) is 7.01. The molecule has 2 aliphatic heterocycles.